The second-order valence-electron chi connectivity index (χ2n) is 5.65. The van der Waals surface area contributed by atoms with Crippen LogP contribution in [-0.2, 0) is 0 Å². The number of rotatable bonds is 0. The Balaban J connectivity index is 0.000000219. The average Bonchev–Trinajstić information content (AvgIpc) is 2.59. The lowest BCUT2D eigenvalue weighted by Gasteiger charge is -1.93. The van der Waals surface area contributed by atoms with Crippen LogP contribution in [0, 0.1) is 25.7 Å². The van der Waals surface area contributed by atoms with E-state index < -0.39 is 0 Å². The molecule has 0 radical (unpaired) electrons. The van der Waals surface area contributed by atoms with E-state index in [1.807, 2.05) is 67.6 Å². The van der Waals surface area contributed by atoms with Crippen LogP contribution in [0.2, 0.25) is 0 Å². The molecule has 0 bridgehead atoms. The summed E-state index contributed by atoms with van der Waals surface area (Å²) in [5.74, 6) is 6.22. The predicted molar refractivity (Wildman–Crippen MR) is 104 cm³/mol. The first-order chi connectivity index (χ1) is 11.5. The van der Waals surface area contributed by atoms with E-state index in [1.165, 1.54) is 11.1 Å². The van der Waals surface area contributed by atoms with Crippen LogP contribution in [0.3, 0.4) is 0 Å². The minimum absolute atomic E-state index is 0.765. The molecule has 0 aliphatic rings. The SMILES string of the molecule is Cc1ccc(C#Cc2ccc(N)cc2)cc1.Cc1ccc(N)cc1. The second kappa shape index (κ2) is 8.45. The molecule has 0 saturated carbocycles. The molecule has 0 unspecified atom stereocenters. The van der Waals surface area contributed by atoms with Crippen LogP contribution in [0.1, 0.15) is 22.3 Å². The Bertz CT molecular complexity index is 748. The highest BCUT2D eigenvalue weighted by molar-refractivity contribution is 5.47. The summed E-state index contributed by atoms with van der Waals surface area (Å²) in [5.41, 5.74) is 17.1. The molecule has 0 amide bonds. The number of benzene rings is 3. The summed E-state index contributed by atoms with van der Waals surface area (Å²) in [4.78, 5) is 0. The van der Waals surface area contributed by atoms with Gasteiger partial charge in [0.1, 0.15) is 0 Å². The zero-order valence-electron chi connectivity index (χ0n) is 14.1. The summed E-state index contributed by atoms with van der Waals surface area (Å²) in [6.07, 6.45) is 0. The largest absolute Gasteiger partial charge is 0.399 e. The molecule has 0 fully saturated rings. The zero-order chi connectivity index (χ0) is 17.4. The second-order valence-corrected chi connectivity index (χ2v) is 5.65. The molecule has 0 atom stereocenters. The van der Waals surface area contributed by atoms with Gasteiger partial charge in [-0.1, -0.05) is 47.2 Å². The van der Waals surface area contributed by atoms with Crippen LogP contribution in [-0.4, -0.2) is 0 Å². The number of hydrogen-bond acceptors (Lipinski definition) is 2. The summed E-state index contributed by atoms with van der Waals surface area (Å²) >= 11 is 0. The summed E-state index contributed by atoms with van der Waals surface area (Å²) < 4.78 is 0. The van der Waals surface area contributed by atoms with E-state index in [9.17, 15) is 0 Å². The van der Waals surface area contributed by atoms with Crippen molar-refractivity contribution in [3.05, 3.63) is 95.1 Å². The van der Waals surface area contributed by atoms with Crippen LogP contribution >= 0.6 is 0 Å². The van der Waals surface area contributed by atoms with Crippen LogP contribution in [0.15, 0.2) is 72.8 Å². The fraction of sp³-hybridized carbons (Fsp3) is 0.0909. The van der Waals surface area contributed by atoms with Crippen molar-refractivity contribution >= 4 is 11.4 Å². The lowest BCUT2D eigenvalue weighted by Crippen LogP contribution is -1.83. The Morgan fingerprint density at radius 2 is 0.792 bits per heavy atom. The maximum absolute atomic E-state index is 5.60. The van der Waals surface area contributed by atoms with E-state index >= 15 is 0 Å². The van der Waals surface area contributed by atoms with E-state index in [1.54, 1.807) is 0 Å². The monoisotopic (exact) mass is 314 g/mol. The molecule has 120 valence electrons. The third-order valence-electron chi connectivity index (χ3n) is 3.39. The lowest BCUT2D eigenvalue weighted by molar-refractivity contribution is 1.46. The van der Waals surface area contributed by atoms with Crippen molar-refractivity contribution in [2.24, 2.45) is 0 Å². The highest BCUT2D eigenvalue weighted by atomic mass is 14.5. The Labute approximate surface area is 144 Å². The maximum atomic E-state index is 5.60. The van der Waals surface area contributed by atoms with Gasteiger partial charge >= 0.3 is 0 Å². The van der Waals surface area contributed by atoms with Gasteiger partial charge in [0.2, 0.25) is 0 Å². The quantitative estimate of drug-likeness (QED) is 0.472. The number of nitrogens with two attached hydrogens (primary N) is 2. The molecule has 3 aromatic carbocycles. The van der Waals surface area contributed by atoms with Crippen molar-refractivity contribution in [1.29, 1.82) is 0 Å². The van der Waals surface area contributed by atoms with Crippen molar-refractivity contribution < 1.29 is 0 Å². The molecule has 3 aromatic rings. The Morgan fingerprint density at radius 3 is 1.17 bits per heavy atom. The summed E-state index contributed by atoms with van der Waals surface area (Å²) in [6, 6.07) is 23.5. The first-order valence-electron chi connectivity index (χ1n) is 7.79. The zero-order valence-corrected chi connectivity index (χ0v) is 14.1. The maximum Gasteiger partial charge on any atom is 0.0314 e. The molecular weight excluding hydrogens is 292 g/mol. The van der Waals surface area contributed by atoms with Crippen LogP contribution in [0.4, 0.5) is 11.4 Å². The van der Waals surface area contributed by atoms with Crippen molar-refractivity contribution in [2.75, 3.05) is 11.5 Å². The third-order valence-corrected chi connectivity index (χ3v) is 3.39. The van der Waals surface area contributed by atoms with Gasteiger partial charge in [-0.05, 0) is 62.4 Å². The molecule has 0 aliphatic heterocycles. The van der Waals surface area contributed by atoms with Gasteiger partial charge in [-0.15, -0.1) is 0 Å². The van der Waals surface area contributed by atoms with Gasteiger partial charge < -0.3 is 11.5 Å². The van der Waals surface area contributed by atoms with Gasteiger partial charge in [0, 0.05) is 22.5 Å². The van der Waals surface area contributed by atoms with Gasteiger partial charge in [-0.2, -0.15) is 0 Å². The molecule has 3 rings (SSSR count). The van der Waals surface area contributed by atoms with E-state index in [0.717, 1.165) is 22.5 Å². The number of hydrogen-bond donors (Lipinski definition) is 2. The van der Waals surface area contributed by atoms with E-state index in [4.69, 9.17) is 11.5 Å². The molecular formula is C22H22N2. The highest BCUT2D eigenvalue weighted by Gasteiger charge is 1.88. The van der Waals surface area contributed by atoms with Gasteiger partial charge in [0.05, 0.1) is 0 Å². The van der Waals surface area contributed by atoms with E-state index in [0.29, 0.717) is 0 Å². The molecule has 0 heterocycles. The van der Waals surface area contributed by atoms with Gasteiger partial charge in [-0.3, -0.25) is 0 Å². The lowest BCUT2D eigenvalue weighted by atomic mass is 10.1. The smallest absolute Gasteiger partial charge is 0.0314 e. The standard InChI is InChI=1S/C15H13N.C7H9N/c1-12-2-4-13(5-3-12)6-7-14-8-10-15(16)11-9-14;1-6-2-4-7(8)5-3-6/h2-5,8-11H,16H2,1H3;2-5H,8H2,1H3. The summed E-state index contributed by atoms with van der Waals surface area (Å²) in [5, 5.41) is 0. The normalized spacial score (nSPS) is 9.25. The summed E-state index contributed by atoms with van der Waals surface area (Å²) in [6.45, 7) is 4.11. The van der Waals surface area contributed by atoms with Crippen LogP contribution in [0.25, 0.3) is 0 Å². The predicted octanol–water partition coefficient (Wildman–Crippen LogP) is 4.55. The first-order valence-corrected chi connectivity index (χ1v) is 7.79. The number of aryl methyl sites for hydroxylation is 2. The Morgan fingerprint density at radius 1 is 0.500 bits per heavy atom. The molecule has 4 N–H and O–H groups in total. The van der Waals surface area contributed by atoms with Gasteiger partial charge in [-0.25, -0.2) is 0 Å². The van der Waals surface area contributed by atoms with E-state index in [-0.39, 0.29) is 0 Å². The molecule has 0 spiro atoms. The Kier molecular flexibility index (Phi) is 6.05. The van der Waals surface area contributed by atoms with Crippen LogP contribution in [0.5, 0.6) is 0 Å². The summed E-state index contributed by atoms with van der Waals surface area (Å²) in [7, 11) is 0. The third kappa shape index (κ3) is 5.90. The molecule has 24 heavy (non-hydrogen) atoms. The first kappa shape index (κ1) is 17.2. The average molecular weight is 314 g/mol. The molecule has 2 nitrogen and oxygen atoms in total. The van der Waals surface area contributed by atoms with E-state index in [2.05, 4.69) is 30.9 Å². The fourth-order valence-corrected chi connectivity index (χ4v) is 1.91. The molecule has 0 aromatic heterocycles. The fourth-order valence-electron chi connectivity index (χ4n) is 1.91. The van der Waals surface area contributed by atoms with Crippen molar-refractivity contribution in [2.45, 2.75) is 13.8 Å². The van der Waals surface area contributed by atoms with Crippen molar-refractivity contribution in [3.63, 3.8) is 0 Å². The highest BCUT2D eigenvalue weighted by Crippen LogP contribution is 2.05. The van der Waals surface area contributed by atoms with Crippen molar-refractivity contribution in [3.8, 4) is 11.8 Å². The Hall–Kier alpha value is -3.18. The molecule has 0 aliphatic carbocycles. The number of nitrogen functional groups attached to an aromatic ring is 2. The van der Waals surface area contributed by atoms with Crippen molar-refractivity contribution in [1.82, 2.24) is 0 Å². The van der Waals surface area contributed by atoms with Gasteiger partial charge in [0.15, 0.2) is 0 Å². The number of anilines is 2. The minimum Gasteiger partial charge on any atom is -0.399 e. The van der Waals surface area contributed by atoms with Crippen LogP contribution < -0.4 is 11.5 Å². The molecule has 2 heteroatoms. The molecule has 0 saturated heterocycles. The minimum atomic E-state index is 0.765. The topological polar surface area (TPSA) is 52.0 Å². The van der Waals surface area contributed by atoms with Gasteiger partial charge in [0.25, 0.3) is 0 Å².